The van der Waals surface area contributed by atoms with Crippen LogP contribution in [0.2, 0.25) is 0 Å². The highest BCUT2D eigenvalue weighted by Gasteiger charge is 2.19. The first-order valence-electron chi connectivity index (χ1n) is 3.89. The number of hydrogen-bond acceptors (Lipinski definition) is 3. The van der Waals surface area contributed by atoms with Gasteiger partial charge in [0.1, 0.15) is 5.82 Å². The Morgan fingerprint density at radius 1 is 1.58 bits per heavy atom. The summed E-state index contributed by atoms with van der Waals surface area (Å²) in [5, 5.41) is 0. The second kappa shape index (κ2) is 2.33. The number of rotatable bonds is 0. The summed E-state index contributed by atoms with van der Waals surface area (Å²) >= 11 is 0. The predicted octanol–water partition coefficient (Wildman–Crippen LogP) is 0.0236. The van der Waals surface area contributed by atoms with Crippen molar-refractivity contribution in [1.29, 1.82) is 0 Å². The first-order valence-corrected chi connectivity index (χ1v) is 3.89. The standard InChI is InChI=1S/C8H10N2O2/c1-5-9-7-6(3-4-12-7)8(11)10(5)2/h3-4H2,1-2H3. The van der Waals surface area contributed by atoms with Gasteiger partial charge in [-0.25, -0.2) is 4.98 Å². The molecule has 0 aromatic carbocycles. The maximum absolute atomic E-state index is 11.5. The van der Waals surface area contributed by atoms with Gasteiger partial charge in [0.25, 0.3) is 5.56 Å². The lowest BCUT2D eigenvalue weighted by atomic mass is 10.2. The van der Waals surface area contributed by atoms with Gasteiger partial charge >= 0.3 is 0 Å². The van der Waals surface area contributed by atoms with Crippen LogP contribution in [0.25, 0.3) is 0 Å². The molecule has 2 heterocycles. The van der Waals surface area contributed by atoms with Crippen LogP contribution in [-0.2, 0) is 13.5 Å². The van der Waals surface area contributed by atoms with Crippen molar-refractivity contribution in [2.75, 3.05) is 6.61 Å². The molecule has 1 aliphatic heterocycles. The van der Waals surface area contributed by atoms with E-state index < -0.39 is 0 Å². The lowest BCUT2D eigenvalue weighted by Gasteiger charge is -2.03. The van der Waals surface area contributed by atoms with Gasteiger partial charge in [0.15, 0.2) is 0 Å². The van der Waals surface area contributed by atoms with Crippen LogP contribution in [-0.4, -0.2) is 16.2 Å². The summed E-state index contributed by atoms with van der Waals surface area (Å²) in [6.45, 7) is 2.38. The maximum atomic E-state index is 11.5. The third kappa shape index (κ3) is 0.841. The molecule has 0 N–H and O–H groups in total. The zero-order valence-corrected chi connectivity index (χ0v) is 7.13. The van der Waals surface area contributed by atoms with Crippen LogP contribution in [0.1, 0.15) is 11.4 Å². The Bertz CT molecular complexity index is 381. The SMILES string of the molecule is Cc1nc2c(c(=O)n1C)CCO2. The monoisotopic (exact) mass is 166 g/mol. The molecule has 4 heteroatoms. The molecule has 0 radical (unpaired) electrons. The fourth-order valence-electron chi connectivity index (χ4n) is 1.31. The van der Waals surface area contributed by atoms with E-state index in [0.717, 1.165) is 0 Å². The molecule has 1 aromatic heterocycles. The van der Waals surface area contributed by atoms with Crippen LogP contribution in [0.5, 0.6) is 5.88 Å². The first-order chi connectivity index (χ1) is 5.70. The molecule has 0 saturated carbocycles. The molecule has 0 aliphatic carbocycles. The van der Waals surface area contributed by atoms with Crippen molar-refractivity contribution in [3.63, 3.8) is 0 Å². The smallest absolute Gasteiger partial charge is 0.260 e. The predicted molar refractivity (Wildman–Crippen MR) is 43.4 cm³/mol. The van der Waals surface area contributed by atoms with Gasteiger partial charge in [-0.15, -0.1) is 0 Å². The van der Waals surface area contributed by atoms with Gasteiger partial charge in [-0.1, -0.05) is 0 Å². The summed E-state index contributed by atoms with van der Waals surface area (Å²) in [4.78, 5) is 15.7. The molecule has 1 aliphatic rings. The highest BCUT2D eigenvalue weighted by molar-refractivity contribution is 5.27. The molecule has 2 rings (SSSR count). The topological polar surface area (TPSA) is 44.1 Å². The van der Waals surface area contributed by atoms with Crippen molar-refractivity contribution >= 4 is 0 Å². The Kier molecular flexibility index (Phi) is 1.43. The molecule has 0 amide bonds. The van der Waals surface area contributed by atoms with Crippen molar-refractivity contribution < 1.29 is 4.74 Å². The fourth-order valence-corrected chi connectivity index (χ4v) is 1.31. The third-order valence-corrected chi connectivity index (χ3v) is 2.16. The quantitative estimate of drug-likeness (QED) is 0.546. The molecular weight excluding hydrogens is 156 g/mol. The summed E-state index contributed by atoms with van der Waals surface area (Å²) in [6.07, 6.45) is 0.690. The average Bonchev–Trinajstić information content (AvgIpc) is 2.48. The minimum Gasteiger partial charge on any atom is -0.477 e. The second-order valence-electron chi connectivity index (χ2n) is 2.91. The van der Waals surface area contributed by atoms with Crippen molar-refractivity contribution in [2.24, 2.45) is 7.05 Å². The zero-order chi connectivity index (χ0) is 8.72. The fraction of sp³-hybridized carbons (Fsp3) is 0.500. The van der Waals surface area contributed by atoms with E-state index in [-0.39, 0.29) is 5.56 Å². The average molecular weight is 166 g/mol. The van der Waals surface area contributed by atoms with E-state index in [4.69, 9.17) is 4.74 Å². The molecule has 0 atom stereocenters. The molecule has 4 nitrogen and oxygen atoms in total. The van der Waals surface area contributed by atoms with E-state index in [2.05, 4.69) is 4.98 Å². The minimum atomic E-state index is 0.0231. The summed E-state index contributed by atoms with van der Waals surface area (Å²) in [6, 6.07) is 0. The number of aromatic nitrogens is 2. The Morgan fingerprint density at radius 2 is 2.33 bits per heavy atom. The third-order valence-electron chi connectivity index (χ3n) is 2.16. The number of nitrogens with zero attached hydrogens (tertiary/aromatic N) is 2. The van der Waals surface area contributed by atoms with Crippen molar-refractivity contribution in [3.8, 4) is 5.88 Å². The van der Waals surface area contributed by atoms with E-state index in [9.17, 15) is 4.79 Å². The van der Waals surface area contributed by atoms with Gasteiger partial charge in [-0.3, -0.25) is 9.36 Å². The molecule has 0 fully saturated rings. The number of ether oxygens (including phenoxy) is 1. The van der Waals surface area contributed by atoms with Gasteiger partial charge in [-0.2, -0.15) is 0 Å². The molecule has 12 heavy (non-hydrogen) atoms. The van der Waals surface area contributed by atoms with Crippen molar-refractivity contribution in [1.82, 2.24) is 9.55 Å². The molecule has 0 spiro atoms. The normalized spacial score (nSPS) is 14.2. The van der Waals surface area contributed by atoms with Gasteiger partial charge in [0.05, 0.1) is 12.2 Å². The van der Waals surface area contributed by atoms with Gasteiger partial charge in [0.2, 0.25) is 5.88 Å². The van der Waals surface area contributed by atoms with Crippen LogP contribution in [0.4, 0.5) is 0 Å². The summed E-state index contributed by atoms with van der Waals surface area (Å²) in [5.41, 5.74) is 0.734. The van der Waals surface area contributed by atoms with Crippen molar-refractivity contribution in [3.05, 3.63) is 21.7 Å². The van der Waals surface area contributed by atoms with Crippen LogP contribution >= 0.6 is 0 Å². The summed E-state index contributed by atoms with van der Waals surface area (Å²) in [7, 11) is 1.73. The van der Waals surface area contributed by atoms with Crippen LogP contribution in [0.15, 0.2) is 4.79 Å². The van der Waals surface area contributed by atoms with Gasteiger partial charge in [0, 0.05) is 13.5 Å². The highest BCUT2D eigenvalue weighted by Crippen LogP contribution is 2.17. The molecule has 0 saturated heterocycles. The van der Waals surface area contributed by atoms with Crippen molar-refractivity contribution in [2.45, 2.75) is 13.3 Å². The van der Waals surface area contributed by atoms with Crippen LogP contribution in [0, 0.1) is 6.92 Å². The Labute approximate surface area is 69.8 Å². The summed E-state index contributed by atoms with van der Waals surface area (Å²) < 4.78 is 6.74. The molecule has 1 aromatic rings. The van der Waals surface area contributed by atoms with E-state index in [1.807, 2.05) is 0 Å². The Hall–Kier alpha value is -1.32. The highest BCUT2D eigenvalue weighted by atomic mass is 16.5. The largest absolute Gasteiger partial charge is 0.477 e. The molecular formula is C8H10N2O2. The molecule has 0 unspecified atom stereocenters. The Balaban J connectivity index is 2.76. The number of aryl methyl sites for hydroxylation is 1. The van der Waals surface area contributed by atoms with E-state index in [1.165, 1.54) is 0 Å². The van der Waals surface area contributed by atoms with E-state index >= 15 is 0 Å². The summed E-state index contributed by atoms with van der Waals surface area (Å²) in [5.74, 6) is 1.22. The lowest BCUT2D eigenvalue weighted by Crippen LogP contribution is -2.23. The van der Waals surface area contributed by atoms with Crippen LogP contribution in [0.3, 0.4) is 0 Å². The molecule has 64 valence electrons. The molecule has 0 bridgehead atoms. The number of hydrogen-bond donors (Lipinski definition) is 0. The second-order valence-corrected chi connectivity index (χ2v) is 2.91. The zero-order valence-electron chi connectivity index (χ0n) is 7.13. The lowest BCUT2D eigenvalue weighted by molar-refractivity contribution is 0.343. The van der Waals surface area contributed by atoms with Gasteiger partial charge in [-0.05, 0) is 6.92 Å². The Morgan fingerprint density at radius 3 is 3.08 bits per heavy atom. The first kappa shape index (κ1) is 7.34. The minimum absolute atomic E-state index is 0.0231. The van der Waals surface area contributed by atoms with Crippen LogP contribution < -0.4 is 10.3 Å². The maximum Gasteiger partial charge on any atom is 0.260 e. The van der Waals surface area contributed by atoms with E-state index in [0.29, 0.717) is 30.3 Å². The number of fused-ring (bicyclic) bond motifs is 1. The van der Waals surface area contributed by atoms with Gasteiger partial charge < -0.3 is 4.74 Å². The van der Waals surface area contributed by atoms with E-state index in [1.54, 1.807) is 18.5 Å².